The number of nitrogen functional groups attached to an aromatic ring is 1. The number of nitrogens with two attached hydrogens (primary N) is 1. The number of nitro groups is 1. The summed E-state index contributed by atoms with van der Waals surface area (Å²) in [6.07, 6.45) is 0.760. The van der Waals surface area contributed by atoms with E-state index in [9.17, 15) is 14.9 Å². The molecular formula is C10H13N5O3. The van der Waals surface area contributed by atoms with Crippen molar-refractivity contribution >= 4 is 23.2 Å². The summed E-state index contributed by atoms with van der Waals surface area (Å²) >= 11 is 0. The third-order valence-electron chi connectivity index (χ3n) is 2.61. The van der Waals surface area contributed by atoms with Crippen molar-refractivity contribution < 1.29 is 9.72 Å². The number of hydrogen-bond acceptors (Lipinski definition) is 6. The van der Waals surface area contributed by atoms with Gasteiger partial charge in [-0.05, 0) is 6.42 Å². The molecule has 0 atom stereocenters. The van der Waals surface area contributed by atoms with Gasteiger partial charge < -0.3 is 16.0 Å². The summed E-state index contributed by atoms with van der Waals surface area (Å²) in [7, 11) is 0. The molecule has 0 spiro atoms. The van der Waals surface area contributed by atoms with Crippen LogP contribution in [-0.4, -0.2) is 35.4 Å². The third-order valence-corrected chi connectivity index (χ3v) is 2.61. The molecule has 0 bridgehead atoms. The highest BCUT2D eigenvalue weighted by Crippen LogP contribution is 2.22. The molecule has 0 unspecified atom stereocenters. The molecule has 0 aliphatic carbocycles. The van der Waals surface area contributed by atoms with Gasteiger partial charge in [-0.1, -0.05) is 0 Å². The molecule has 1 fully saturated rings. The van der Waals surface area contributed by atoms with Gasteiger partial charge in [0.25, 0.3) is 5.69 Å². The summed E-state index contributed by atoms with van der Waals surface area (Å²) in [5.41, 5.74) is 5.41. The van der Waals surface area contributed by atoms with E-state index in [1.165, 1.54) is 12.1 Å². The van der Waals surface area contributed by atoms with E-state index < -0.39 is 4.92 Å². The van der Waals surface area contributed by atoms with Crippen LogP contribution in [0.1, 0.15) is 6.42 Å². The number of rotatable bonds is 2. The summed E-state index contributed by atoms with van der Waals surface area (Å²) in [6, 6.07) is 2.52. The molecular weight excluding hydrogens is 238 g/mol. The molecule has 0 aromatic carbocycles. The van der Waals surface area contributed by atoms with E-state index in [2.05, 4.69) is 10.3 Å². The Hall–Kier alpha value is -2.38. The number of carbonyl (C=O) groups excluding carboxylic acids is 1. The van der Waals surface area contributed by atoms with Gasteiger partial charge >= 0.3 is 0 Å². The molecule has 1 aromatic heterocycles. The highest BCUT2D eigenvalue weighted by molar-refractivity contribution is 5.81. The zero-order chi connectivity index (χ0) is 13.1. The number of anilines is 2. The molecule has 2 rings (SSSR count). The molecule has 1 amide bonds. The summed E-state index contributed by atoms with van der Waals surface area (Å²) in [6.45, 7) is 1.33. The highest BCUT2D eigenvalue weighted by Gasteiger charge is 2.19. The Kier molecular flexibility index (Phi) is 3.26. The van der Waals surface area contributed by atoms with Crippen molar-refractivity contribution in [1.29, 1.82) is 0 Å². The van der Waals surface area contributed by atoms with Crippen LogP contribution in [0.4, 0.5) is 17.3 Å². The van der Waals surface area contributed by atoms with Crippen molar-refractivity contribution in [2.45, 2.75) is 6.42 Å². The van der Waals surface area contributed by atoms with Crippen LogP contribution in [-0.2, 0) is 4.79 Å². The summed E-state index contributed by atoms with van der Waals surface area (Å²) < 4.78 is 0. The molecule has 0 saturated carbocycles. The average Bonchev–Trinajstić information content (AvgIpc) is 2.53. The lowest BCUT2D eigenvalue weighted by atomic mass is 10.3. The van der Waals surface area contributed by atoms with Crippen molar-refractivity contribution in [3.63, 3.8) is 0 Å². The van der Waals surface area contributed by atoms with Crippen molar-refractivity contribution in [3.8, 4) is 0 Å². The molecule has 2 heterocycles. The molecule has 8 heteroatoms. The minimum absolute atomic E-state index is 0.0730. The first-order valence-corrected chi connectivity index (χ1v) is 5.50. The van der Waals surface area contributed by atoms with E-state index in [1.54, 1.807) is 4.90 Å². The maximum atomic E-state index is 11.4. The molecule has 1 aromatic rings. The molecule has 0 radical (unpaired) electrons. The lowest BCUT2D eigenvalue weighted by Crippen LogP contribution is -2.33. The van der Waals surface area contributed by atoms with Crippen molar-refractivity contribution in [3.05, 3.63) is 22.2 Å². The second kappa shape index (κ2) is 4.86. The average molecular weight is 251 g/mol. The van der Waals surface area contributed by atoms with Crippen molar-refractivity contribution in [1.82, 2.24) is 10.3 Å². The van der Waals surface area contributed by atoms with Crippen LogP contribution < -0.4 is 16.0 Å². The normalized spacial score (nSPS) is 16.0. The van der Waals surface area contributed by atoms with Gasteiger partial charge in [0.15, 0.2) is 0 Å². The smallest absolute Gasteiger partial charge is 0.276 e. The number of nitrogens with one attached hydrogen (secondary N) is 1. The van der Waals surface area contributed by atoms with Gasteiger partial charge in [-0.15, -0.1) is 0 Å². The monoisotopic (exact) mass is 251 g/mol. The van der Waals surface area contributed by atoms with Gasteiger partial charge in [0.05, 0.1) is 23.6 Å². The molecule has 3 N–H and O–H groups in total. The van der Waals surface area contributed by atoms with Gasteiger partial charge in [-0.3, -0.25) is 14.9 Å². The Bertz CT molecular complexity index is 490. The van der Waals surface area contributed by atoms with Gasteiger partial charge in [-0.25, -0.2) is 4.98 Å². The lowest BCUT2D eigenvalue weighted by molar-refractivity contribution is -0.384. The van der Waals surface area contributed by atoms with E-state index in [-0.39, 0.29) is 24.0 Å². The van der Waals surface area contributed by atoms with Gasteiger partial charge in [-0.2, -0.15) is 0 Å². The highest BCUT2D eigenvalue weighted by atomic mass is 16.6. The second-order valence-electron chi connectivity index (χ2n) is 3.99. The fraction of sp³-hybridized carbons (Fsp3) is 0.400. The fourth-order valence-electron chi connectivity index (χ4n) is 1.79. The first-order chi connectivity index (χ1) is 8.56. The molecule has 1 aliphatic heterocycles. The molecule has 18 heavy (non-hydrogen) atoms. The van der Waals surface area contributed by atoms with E-state index in [1.807, 2.05) is 0 Å². The van der Waals surface area contributed by atoms with Crippen LogP contribution >= 0.6 is 0 Å². The lowest BCUT2D eigenvalue weighted by Gasteiger charge is -2.19. The van der Waals surface area contributed by atoms with Crippen LogP contribution in [0.5, 0.6) is 0 Å². The number of amides is 1. The maximum Gasteiger partial charge on any atom is 0.276 e. The number of carbonyl (C=O) groups is 1. The van der Waals surface area contributed by atoms with Crippen LogP contribution in [0.3, 0.4) is 0 Å². The summed E-state index contributed by atoms with van der Waals surface area (Å²) in [4.78, 5) is 27.4. The number of aromatic nitrogens is 1. The number of pyridine rings is 1. The van der Waals surface area contributed by atoms with Gasteiger partial charge in [0, 0.05) is 13.1 Å². The maximum absolute atomic E-state index is 11.4. The Morgan fingerprint density at radius 3 is 3.00 bits per heavy atom. The fourth-order valence-corrected chi connectivity index (χ4v) is 1.79. The zero-order valence-electron chi connectivity index (χ0n) is 9.63. The number of nitrogens with zero attached hydrogens (tertiary/aromatic N) is 3. The SMILES string of the molecule is Nc1cc([N+](=O)[O-])cc(N2CCCNC(=O)C2)n1. The number of hydrogen-bond donors (Lipinski definition) is 2. The third kappa shape index (κ3) is 2.65. The van der Waals surface area contributed by atoms with E-state index in [4.69, 9.17) is 5.73 Å². The second-order valence-corrected chi connectivity index (χ2v) is 3.99. The molecule has 1 aliphatic rings. The van der Waals surface area contributed by atoms with Crippen LogP contribution in [0, 0.1) is 10.1 Å². The van der Waals surface area contributed by atoms with Crippen molar-refractivity contribution in [2.75, 3.05) is 30.3 Å². The molecule has 8 nitrogen and oxygen atoms in total. The largest absolute Gasteiger partial charge is 0.383 e. The van der Waals surface area contributed by atoms with E-state index >= 15 is 0 Å². The summed E-state index contributed by atoms with van der Waals surface area (Å²) in [5, 5.41) is 13.5. The predicted molar refractivity (Wildman–Crippen MR) is 65.1 cm³/mol. The first-order valence-electron chi connectivity index (χ1n) is 5.50. The Balaban J connectivity index is 2.31. The van der Waals surface area contributed by atoms with E-state index in [0.29, 0.717) is 18.9 Å². The molecule has 1 saturated heterocycles. The van der Waals surface area contributed by atoms with Crippen LogP contribution in [0.2, 0.25) is 0 Å². The standard InChI is InChI=1S/C10H13N5O3/c11-8-4-7(15(17)18)5-9(13-8)14-3-1-2-12-10(16)6-14/h4-5H,1-3,6H2,(H2,11,13)(H,12,16). The minimum atomic E-state index is -0.528. The first kappa shape index (κ1) is 12.1. The Morgan fingerprint density at radius 2 is 2.28 bits per heavy atom. The quantitative estimate of drug-likeness (QED) is 0.560. The Morgan fingerprint density at radius 1 is 1.50 bits per heavy atom. The van der Waals surface area contributed by atoms with Crippen molar-refractivity contribution in [2.24, 2.45) is 0 Å². The van der Waals surface area contributed by atoms with Gasteiger partial charge in [0.1, 0.15) is 11.6 Å². The predicted octanol–water partition coefficient (Wildman–Crippen LogP) is -0.102. The molecule has 96 valence electrons. The van der Waals surface area contributed by atoms with E-state index in [0.717, 1.165) is 6.42 Å². The van der Waals surface area contributed by atoms with Crippen LogP contribution in [0.25, 0.3) is 0 Å². The Labute approximate surface area is 103 Å². The zero-order valence-corrected chi connectivity index (χ0v) is 9.63. The van der Waals surface area contributed by atoms with Gasteiger partial charge in [0.2, 0.25) is 5.91 Å². The van der Waals surface area contributed by atoms with Crippen LogP contribution in [0.15, 0.2) is 12.1 Å². The topological polar surface area (TPSA) is 114 Å². The minimum Gasteiger partial charge on any atom is -0.383 e. The summed E-state index contributed by atoms with van der Waals surface area (Å²) in [5.74, 6) is 0.307.